The van der Waals surface area contributed by atoms with Gasteiger partial charge in [-0.2, -0.15) is 0 Å². The molecule has 0 bridgehead atoms. The number of amides is 1. The number of nitrogens with one attached hydrogen (secondary N) is 3. The largest absolute Gasteiger partial charge is 0.459 e. The highest BCUT2D eigenvalue weighted by molar-refractivity contribution is 6.02. The molecule has 0 unspecified atom stereocenters. The molecule has 122 valence electrons. The van der Waals surface area contributed by atoms with E-state index in [0.29, 0.717) is 18.3 Å². The molecule has 0 fully saturated rings. The average Bonchev–Trinajstić information content (AvgIpc) is 3.07. The second-order valence-corrected chi connectivity index (χ2v) is 5.35. The average molecular weight is 314 g/mol. The second-order valence-electron chi connectivity index (χ2n) is 5.35. The Labute approximate surface area is 136 Å². The van der Waals surface area contributed by atoms with E-state index in [0.717, 1.165) is 17.2 Å². The summed E-state index contributed by atoms with van der Waals surface area (Å²) in [7, 11) is 1.74. The van der Waals surface area contributed by atoms with Crippen molar-refractivity contribution < 1.29 is 9.21 Å². The number of rotatable bonds is 5. The van der Waals surface area contributed by atoms with Crippen molar-refractivity contribution in [1.29, 1.82) is 0 Å². The van der Waals surface area contributed by atoms with Gasteiger partial charge >= 0.3 is 0 Å². The van der Waals surface area contributed by atoms with Crippen LogP contribution in [0.15, 0.2) is 52.1 Å². The van der Waals surface area contributed by atoms with Crippen molar-refractivity contribution in [2.45, 2.75) is 26.4 Å². The zero-order valence-electron chi connectivity index (χ0n) is 13.6. The number of carbonyl (C=O) groups is 1. The summed E-state index contributed by atoms with van der Waals surface area (Å²) >= 11 is 0. The Morgan fingerprint density at radius 1 is 1.22 bits per heavy atom. The van der Waals surface area contributed by atoms with Gasteiger partial charge in [-0.05, 0) is 43.7 Å². The van der Waals surface area contributed by atoms with Gasteiger partial charge in [-0.1, -0.05) is 12.1 Å². The van der Waals surface area contributed by atoms with Crippen LogP contribution in [0.2, 0.25) is 0 Å². The fraction of sp³-hybridized carbons (Fsp3) is 0.294. The maximum atomic E-state index is 11.9. The van der Waals surface area contributed by atoms with Crippen molar-refractivity contribution in [3.8, 4) is 0 Å². The molecule has 0 saturated heterocycles. The van der Waals surface area contributed by atoms with Crippen molar-refractivity contribution in [2.75, 3.05) is 12.4 Å². The number of benzene rings is 1. The van der Waals surface area contributed by atoms with Crippen LogP contribution < -0.4 is 16.0 Å². The summed E-state index contributed by atoms with van der Waals surface area (Å²) in [6, 6.07) is 11.2. The highest BCUT2D eigenvalue weighted by atomic mass is 16.3. The van der Waals surface area contributed by atoms with Crippen LogP contribution in [0.25, 0.3) is 0 Å². The van der Waals surface area contributed by atoms with Crippen LogP contribution in [0.5, 0.6) is 0 Å². The molecule has 1 aromatic heterocycles. The second kappa shape index (κ2) is 8.03. The van der Waals surface area contributed by atoms with Crippen LogP contribution in [0, 0.1) is 0 Å². The molecule has 6 nitrogen and oxygen atoms in total. The predicted octanol–water partition coefficient (Wildman–Crippen LogP) is 2.61. The topological polar surface area (TPSA) is 78.7 Å². The van der Waals surface area contributed by atoms with Gasteiger partial charge in [0.15, 0.2) is 11.7 Å². The lowest BCUT2D eigenvalue weighted by Crippen LogP contribution is -2.40. The molecule has 0 radical (unpaired) electrons. The maximum Gasteiger partial charge on any atom is 0.291 e. The standard InChI is InChI=1S/C17H22N4O2/c1-12(2)20-17(18-3)19-11-13-6-8-14(9-7-13)21-16(22)15-5-4-10-23-15/h4-10,12H,11H2,1-3H3,(H,21,22)(H2,18,19,20). The van der Waals surface area contributed by atoms with Crippen LogP contribution in [-0.2, 0) is 6.54 Å². The zero-order valence-corrected chi connectivity index (χ0v) is 13.6. The van der Waals surface area contributed by atoms with E-state index in [9.17, 15) is 4.79 Å². The molecule has 23 heavy (non-hydrogen) atoms. The SMILES string of the molecule is CN=C(NCc1ccc(NC(=O)c2ccco2)cc1)NC(C)C. The number of hydrogen-bond acceptors (Lipinski definition) is 3. The molecular formula is C17H22N4O2. The Morgan fingerprint density at radius 3 is 2.52 bits per heavy atom. The lowest BCUT2D eigenvalue weighted by molar-refractivity contribution is 0.0996. The van der Waals surface area contributed by atoms with E-state index in [4.69, 9.17) is 4.42 Å². The molecule has 1 amide bonds. The molecule has 0 spiro atoms. The summed E-state index contributed by atoms with van der Waals surface area (Å²) < 4.78 is 5.06. The number of aliphatic imine (C=N–C) groups is 1. The van der Waals surface area contributed by atoms with E-state index in [1.54, 1.807) is 19.2 Å². The van der Waals surface area contributed by atoms with Crippen LogP contribution in [0.1, 0.15) is 30.0 Å². The van der Waals surface area contributed by atoms with Gasteiger partial charge in [-0.3, -0.25) is 9.79 Å². The van der Waals surface area contributed by atoms with Gasteiger partial charge in [0, 0.05) is 25.3 Å². The molecule has 0 aliphatic heterocycles. The smallest absolute Gasteiger partial charge is 0.291 e. The van der Waals surface area contributed by atoms with Crippen LogP contribution in [-0.4, -0.2) is 25.0 Å². The Balaban J connectivity index is 1.88. The quantitative estimate of drug-likeness (QED) is 0.585. The molecule has 0 aliphatic rings. The third kappa shape index (κ3) is 5.18. The van der Waals surface area contributed by atoms with Crippen LogP contribution in [0.3, 0.4) is 0 Å². The highest BCUT2D eigenvalue weighted by Gasteiger charge is 2.08. The summed E-state index contributed by atoms with van der Waals surface area (Å²) in [5.41, 5.74) is 1.81. The first-order valence-corrected chi connectivity index (χ1v) is 7.49. The molecule has 0 atom stereocenters. The highest BCUT2D eigenvalue weighted by Crippen LogP contribution is 2.11. The van der Waals surface area contributed by atoms with Crippen LogP contribution >= 0.6 is 0 Å². The molecule has 3 N–H and O–H groups in total. The van der Waals surface area contributed by atoms with E-state index in [2.05, 4.69) is 34.8 Å². The van der Waals surface area contributed by atoms with Crippen molar-refractivity contribution >= 4 is 17.6 Å². The monoisotopic (exact) mass is 314 g/mol. The summed E-state index contributed by atoms with van der Waals surface area (Å²) in [5, 5.41) is 9.25. The van der Waals surface area contributed by atoms with E-state index in [-0.39, 0.29) is 5.91 Å². The lowest BCUT2D eigenvalue weighted by Gasteiger charge is -2.14. The first-order chi connectivity index (χ1) is 11.1. The molecule has 0 aliphatic carbocycles. The van der Waals surface area contributed by atoms with Crippen molar-refractivity contribution in [3.63, 3.8) is 0 Å². The summed E-state index contributed by atoms with van der Waals surface area (Å²) in [6.07, 6.45) is 1.47. The Bertz CT molecular complexity index is 646. The molecule has 0 saturated carbocycles. The predicted molar refractivity (Wildman–Crippen MR) is 91.6 cm³/mol. The van der Waals surface area contributed by atoms with Gasteiger partial charge in [-0.15, -0.1) is 0 Å². The fourth-order valence-electron chi connectivity index (χ4n) is 1.96. The summed E-state index contributed by atoms with van der Waals surface area (Å²) in [5.74, 6) is 0.789. The normalized spacial score (nSPS) is 11.4. The lowest BCUT2D eigenvalue weighted by atomic mass is 10.2. The van der Waals surface area contributed by atoms with E-state index >= 15 is 0 Å². The van der Waals surface area contributed by atoms with Gasteiger partial charge in [0.25, 0.3) is 5.91 Å². The van der Waals surface area contributed by atoms with E-state index in [1.165, 1.54) is 6.26 Å². The maximum absolute atomic E-state index is 11.9. The molecule has 6 heteroatoms. The molecule has 1 heterocycles. The zero-order chi connectivity index (χ0) is 16.7. The van der Waals surface area contributed by atoms with Gasteiger partial charge in [-0.25, -0.2) is 0 Å². The number of anilines is 1. The van der Waals surface area contributed by atoms with Crippen LogP contribution in [0.4, 0.5) is 5.69 Å². The number of nitrogens with zero attached hydrogens (tertiary/aromatic N) is 1. The minimum Gasteiger partial charge on any atom is -0.459 e. The minimum atomic E-state index is -0.262. The van der Waals surface area contributed by atoms with Crippen molar-refractivity contribution in [2.24, 2.45) is 4.99 Å². The third-order valence-corrected chi connectivity index (χ3v) is 3.07. The number of furan rings is 1. The first kappa shape index (κ1) is 16.6. The van der Waals surface area contributed by atoms with E-state index in [1.807, 2.05) is 24.3 Å². The minimum absolute atomic E-state index is 0.262. The third-order valence-electron chi connectivity index (χ3n) is 3.07. The molecule has 2 aromatic rings. The summed E-state index contributed by atoms with van der Waals surface area (Å²) in [4.78, 5) is 16.0. The van der Waals surface area contributed by atoms with E-state index < -0.39 is 0 Å². The molecule has 1 aromatic carbocycles. The molecular weight excluding hydrogens is 292 g/mol. The Kier molecular flexibility index (Phi) is 5.80. The Morgan fingerprint density at radius 2 is 1.96 bits per heavy atom. The number of carbonyl (C=O) groups excluding carboxylic acids is 1. The van der Waals surface area contributed by atoms with Gasteiger partial charge < -0.3 is 20.4 Å². The number of hydrogen-bond donors (Lipinski definition) is 3. The number of guanidine groups is 1. The van der Waals surface area contributed by atoms with Crippen molar-refractivity contribution in [3.05, 3.63) is 54.0 Å². The van der Waals surface area contributed by atoms with Crippen molar-refractivity contribution in [1.82, 2.24) is 10.6 Å². The first-order valence-electron chi connectivity index (χ1n) is 7.49. The Hall–Kier alpha value is -2.76. The fourth-order valence-corrected chi connectivity index (χ4v) is 1.96. The van der Waals surface area contributed by atoms with Gasteiger partial charge in [0.1, 0.15) is 0 Å². The summed E-state index contributed by atoms with van der Waals surface area (Å²) in [6.45, 7) is 4.77. The molecule has 2 rings (SSSR count). The van der Waals surface area contributed by atoms with Gasteiger partial charge in [0.05, 0.1) is 6.26 Å². The van der Waals surface area contributed by atoms with Gasteiger partial charge in [0.2, 0.25) is 0 Å².